The molecule has 0 saturated heterocycles. The maximum absolute atomic E-state index is 13.0. The first-order chi connectivity index (χ1) is 13.1. The van der Waals surface area contributed by atoms with E-state index in [0.29, 0.717) is 22.5 Å². The second kappa shape index (κ2) is 7.05. The summed E-state index contributed by atoms with van der Waals surface area (Å²) in [4.78, 5) is 15.3. The van der Waals surface area contributed by atoms with Gasteiger partial charge in [0.05, 0.1) is 7.11 Å². The molecule has 1 aliphatic rings. The van der Waals surface area contributed by atoms with Crippen molar-refractivity contribution in [3.05, 3.63) is 69.9 Å². The molecular weight excluding hydrogens is 338 g/mol. The van der Waals surface area contributed by atoms with Gasteiger partial charge < -0.3 is 14.1 Å². The van der Waals surface area contributed by atoms with Crippen LogP contribution in [0.15, 0.2) is 57.8 Å². The normalized spacial score (nSPS) is 15.0. The van der Waals surface area contributed by atoms with Gasteiger partial charge in [-0.1, -0.05) is 36.4 Å². The van der Waals surface area contributed by atoms with Crippen molar-refractivity contribution in [2.75, 3.05) is 27.2 Å². The molecule has 2 heterocycles. The van der Waals surface area contributed by atoms with Gasteiger partial charge in [-0.15, -0.1) is 0 Å². The van der Waals surface area contributed by atoms with Crippen molar-refractivity contribution in [2.45, 2.75) is 13.3 Å². The molecule has 0 atom stereocenters. The zero-order valence-corrected chi connectivity index (χ0v) is 15.9. The molecule has 0 amide bonds. The van der Waals surface area contributed by atoms with E-state index in [-0.39, 0.29) is 5.43 Å². The van der Waals surface area contributed by atoms with Gasteiger partial charge in [0.25, 0.3) is 0 Å². The van der Waals surface area contributed by atoms with E-state index >= 15 is 0 Å². The lowest BCUT2D eigenvalue weighted by Crippen LogP contribution is -2.24. The molecule has 0 aliphatic carbocycles. The SMILES string of the molecule is COc1cc(C)c(C2=CCN(C)CC2)c2oc(-c3ccccc3)cc(=O)c12. The first kappa shape index (κ1) is 17.6. The number of aryl methyl sites for hydroxylation is 1. The highest BCUT2D eigenvalue weighted by Crippen LogP contribution is 2.37. The Hall–Kier alpha value is -2.85. The van der Waals surface area contributed by atoms with Gasteiger partial charge in [-0.25, -0.2) is 0 Å². The highest BCUT2D eigenvalue weighted by atomic mass is 16.5. The summed E-state index contributed by atoms with van der Waals surface area (Å²) in [6, 6.07) is 13.2. The largest absolute Gasteiger partial charge is 0.496 e. The van der Waals surface area contributed by atoms with Crippen LogP contribution in [-0.4, -0.2) is 32.1 Å². The number of likely N-dealkylation sites (N-methyl/N-ethyl adjacent to an activating group) is 1. The summed E-state index contributed by atoms with van der Waals surface area (Å²) in [5, 5.41) is 0.512. The Kier molecular flexibility index (Phi) is 4.58. The van der Waals surface area contributed by atoms with Crippen LogP contribution in [0.4, 0.5) is 0 Å². The monoisotopic (exact) mass is 361 g/mol. The lowest BCUT2D eigenvalue weighted by molar-refractivity contribution is 0.370. The predicted octanol–water partition coefficient (Wildman–Crippen LogP) is 4.50. The fourth-order valence-electron chi connectivity index (χ4n) is 3.73. The highest BCUT2D eigenvalue weighted by Gasteiger charge is 2.21. The zero-order valence-electron chi connectivity index (χ0n) is 15.9. The molecular formula is C23H23NO3. The maximum atomic E-state index is 13.0. The minimum atomic E-state index is -0.0817. The van der Waals surface area contributed by atoms with Crippen LogP contribution in [0, 0.1) is 6.92 Å². The maximum Gasteiger partial charge on any atom is 0.197 e. The topological polar surface area (TPSA) is 42.7 Å². The van der Waals surface area contributed by atoms with E-state index in [9.17, 15) is 4.79 Å². The van der Waals surface area contributed by atoms with E-state index in [2.05, 4.69) is 18.0 Å². The lowest BCUT2D eigenvalue weighted by Gasteiger charge is -2.24. The standard InChI is InChI=1S/C23H23NO3/c1-15-13-20(26-3)22-18(25)14-19(16-7-5-4-6-8-16)27-23(22)21(15)17-9-11-24(2)12-10-17/h4-9,13-14H,10-12H2,1-3H3. The Balaban J connectivity index is 2.04. The van der Waals surface area contributed by atoms with Crippen molar-refractivity contribution < 1.29 is 9.15 Å². The molecule has 0 N–H and O–H groups in total. The molecule has 0 fully saturated rings. The number of benzene rings is 2. The molecule has 3 aromatic rings. The molecule has 0 saturated carbocycles. The molecule has 4 rings (SSSR count). The molecule has 27 heavy (non-hydrogen) atoms. The number of fused-ring (bicyclic) bond motifs is 1. The summed E-state index contributed by atoms with van der Waals surface area (Å²) < 4.78 is 11.8. The van der Waals surface area contributed by atoms with Crippen LogP contribution < -0.4 is 10.2 Å². The average molecular weight is 361 g/mol. The summed E-state index contributed by atoms with van der Waals surface area (Å²) in [5.74, 6) is 1.14. The van der Waals surface area contributed by atoms with E-state index in [1.54, 1.807) is 13.2 Å². The molecule has 0 spiro atoms. The predicted molar refractivity (Wildman–Crippen MR) is 109 cm³/mol. The number of hydrogen-bond acceptors (Lipinski definition) is 4. The van der Waals surface area contributed by atoms with E-state index < -0.39 is 0 Å². The van der Waals surface area contributed by atoms with Crippen molar-refractivity contribution >= 4 is 16.5 Å². The van der Waals surface area contributed by atoms with Crippen molar-refractivity contribution in [1.82, 2.24) is 4.90 Å². The number of rotatable bonds is 3. The first-order valence-corrected chi connectivity index (χ1v) is 9.17. The van der Waals surface area contributed by atoms with Gasteiger partial charge in [-0.3, -0.25) is 4.79 Å². The lowest BCUT2D eigenvalue weighted by atomic mass is 9.93. The van der Waals surface area contributed by atoms with Crippen molar-refractivity contribution in [3.63, 3.8) is 0 Å². The molecule has 2 aromatic carbocycles. The Labute approximate surface area is 158 Å². The van der Waals surface area contributed by atoms with Crippen LogP contribution in [0.1, 0.15) is 17.5 Å². The molecule has 138 valence electrons. The van der Waals surface area contributed by atoms with Gasteiger partial charge in [0.15, 0.2) is 5.43 Å². The van der Waals surface area contributed by atoms with Gasteiger partial charge in [0, 0.05) is 30.3 Å². The van der Waals surface area contributed by atoms with Crippen LogP contribution in [0.3, 0.4) is 0 Å². The van der Waals surface area contributed by atoms with Gasteiger partial charge in [-0.2, -0.15) is 0 Å². The number of methoxy groups -OCH3 is 1. The van der Waals surface area contributed by atoms with Crippen LogP contribution >= 0.6 is 0 Å². The minimum absolute atomic E-state index is 0.0817. The number of nitrogens with zero attached hydrogens (tertiary/aromatic N) is 1. The first-order valence-electron chi connectivity index (χ1n) is 9.17. The van der Waals surface area contributed by atoms with Crippen LogP contribution in [0.25, 0.3) is 27.9 Å². The van der Waals surface area contributed by atoms with Crippen LogP contribution in [0.2, 0.25) is 0 Å². The molecule has 0 radical (unpaired) electrons. The van der Waals surface area contributed by atoms with E-state index in [1.165, 1.54) is 5.57 Å². The number of ether oxygens (including phenoxy) is 1. The summed E-state index contributed by atoms with van der Waals surface area (Å²) >= 11 is 0. The molecule has 1 aliphatic heterocycles. The third kappa shape index (κ3) is 3.17. The Bertz CT molecular complexity index is 1080. The van der Waals surface area contributed by atoms with Crippen LogP contribution in [0.5, 0.6) is 5.75 Å². The smallest absolute Gasteiger partial charge is 0.197 e. The van der Waals surface area contributed by atoms with Crippen LogP contribution in [-0.2, 0) is 0 Å². The summed E-state index contributed by atoms with van der Waals surface area (Å²) in [6.45, 7) is 3.93. The van der Waals surface area contributed by atoms with Gasteiger partial charge in [0.2, 0.25) is 0 Å². The fraction of sp³-hybridized carbons (Fsp3) is 0.261. The van der Waals surface area contributed by atoms with Gasteiger partial charge in [-0.05, 0) is 37.6 Å². The fourth-order valence-corrected chi connectivity index (χ4v) is 3.73. The Morgan fingerprint density at radius 3 is 2.59 bits per heavy atom. The van der Waals surface area contributed by atoms with Crippen molar-refractivity contribution in [1.29, 1.82) is 0 Å². The minimum Gasteiger partial charge on any atom is -0.496 e. The zero-order chi connectivity index (χ0) is 19.0. The van der Waals surface area contributed by atoms with E-state index in [1.807, 2.05) is 43.3 Å². The summed E-state index contributed by atoms with van der Waals surface area (Å²) in [6.07, 6.45) is 3.16. The summed E-state index contributed by atoms with van der Waals surface area (Å²) in [7, 11) is 3.70. The quantitative estimate of drug-likeness (QED) is 0.689. The molecule has 4 nitrogen and oxygen atoms in total. The average Bonchev–Trinajstić information content (AvgIpc) is 2.68. The number of hydrogen-bond donors (Lipinski definition) is 0. The Morgan fingerprint density at radius 2 is 1.93 bits per heavy atom. The molecule has 1 aromatic heterocycles. The van der Waals surface area contributed by atoms with Crippen molar-refractivity contribution in [3.8, 4) is 17.1 Å². The van der Waals surface area contributed by atoms with Gasteiger partial charge >= 0.3 is 0 Å². The van der Waals surface area contributed by atoms with E-state index in [0.717, 1.165) is 36.2 Å². The second-order valence-corrected chi connectivity index (χ2v) is 7.06. The molecule has 0 bridgehead atoms. The second-order valence-electron chi connectivity index (χ2n) is 7.06. The van der Waals surface area contributed by atoms with Crippen molar-refractivity contribution in [2.24, 2.45) is 0 Å². The third-order valence-corrected chi connectivity index (χ3v) is 5.17. The third-order valence-electron chi connectivity index (χ3n) is 5.17. The summed E-state index contributed by atoms with van der Waals surface area (Å²) in [5.41, 5.74) is 4.74. The molecule has 4 heteroatoms. The molecule has 0 unspecified atom stereocenters. The van der Waals surface area contributed by atoms with Gasteiger partial charge in [0.1, 0.15) is 22.5 Å². The highest BCUT2D eigenvalue weighted by molar-refractivity contribution is 5.95. The van der Waals surface area contributed by atoms with E-state index in [4.69, 9.17) is 9.15 Å². The Morgan fingerprint density at radius 1 is 1.15 bits per heavy atom.